The lowest BCUT2D eigenvalue weighted by molar-refractivity contribution is 0.0941. The van der Waals surface area contributed by atoms with Crippen molar-refractivity contribution in [2.45, 2.75) is 39.9 Å². The zero-order valence-corrected chi connectivity index (χ0v) is 13.9. The summed E-state index contributed by atoms with van der Waals surface area (Å²) in [5.41, 5.74) is 2.55. The maximum atomic E-state index is 12.2. The van der Waals surface area contributed by atoms with Crippen LogP contribution >= 0.6 is 0 Å². The first-order chi connectivity index (χ1) is 11.0. The molecule has 7 nitrogen and oxygen atoms in total. The molecule has 0 fully saturated rings. The van der Waals surface area contributed by atoms with E-state index in [1.807, 2.05) is 10.9 Å². The molecule has 0 aliphatic carbocycles. The van der Waals surface area contributed by atoms with Crippen LogP contribution in [0.1, 0.15) is 41.4 Å². The summed E-state index contributed by atoms with van der Waals surface area (Å²) in [6, 6.07) is 1.72. The maximum absolute atomic E-state index is 12.2. The number of rotatable bonds is 5. The van der Waals surface area contributed by atoms with Crippen LogP contribution < -0.4 is 5.32 Å². The van der Waals surface area contributed by atoms with Crippen LogP contribution in [0.5, 0.6) is 0 Å². The van der Waals surface area contributed by atoms with Crippen LogP contribution in [-0.2, 0) is 26.1 Å². The molecule has 1 amide bonds. The van der Waals surface area contributed by atoms with Gasteiger partial charge in [-0.25, -0.2) is 0 Å². The van der Waals surface area contributed by atoms with Gasteiger partial charge in [-0.15, -0.1) is 0 Å². The predicted molar refractivity (Wildman–Crippen MR) is 84.8 cm³/mol. The van der Waals surface area contributed by atoms with Crippen molar-refractivity contribution in [3.05, 3.63) is 35.0 Å². The van der Waals surface area contributed by atoms with Gasteiger partial charge in [-0.1, -0.05) is 19.0 Å². The minimum absolute atomic E-state index is 0.215. The largest absolute Gasteiger partial charge is 0.361 e. The van der Waals surface area contributed by atoms with Crippen molar-refractivity contribution in [3.63, 3.8) is 0 Å². The third-order valence-corrected chi connectivity index (χ3v) is 3.99. The Kier molecular flexibility index (Phi) is 4.47. The quantitative estimate of drug-likeness (QED) is 0.903. The number of fused-ring (bicyclic) bond motifs is 1. The van der Waals surface area contributed by atoms with E-state index in [0.29, 0.717) is 18.2 Å². The zero-order chi connectivity index (χ0) is 16.4. The Balaban J connectivity index is 1.61. The number of carbonyl (C=O) groups is 1. The lowest BCUT2D eigenvalue weighted by Crippen LogP contribution is -2.32. The SMILES string of the molecule is CC(C)Cc1cc(C(=O)NCc2cnn3c2CN(C)CC3)no1. The average Bonchev–Trinajstić information content (AvgIpc) is 3.11. The number of aromatic nitrogens is 3. The number of amides is 1. The van der Waals surface area contributed by atoms with E-state index in [-0.39, 0.29) is 5.91 Å². The maximum Gasteiger partial charge on any atom is 0.273 e. The summed E-state index contributed by atoms with van der Waals surface area (Å²) in [4.78, 5) is 14.4. The van der Waals surface area contributed by atoms with E-state index in [1.165, 1.54) is 5.69 Å². The van der Waals surface area contributed by atoms with E-state index in [4.69, 9.17) is 4.52 Å². The molecule has 0 spiro atoms. The number of nitrogens with one attached hydrogen (secondary N) is 1. The summed E-state index contributed by atoms with van der Waals surface area (Å²) in [6.07, 6.45) is 2.62. The highest BCUT2D eigenvalue weighted by molar-refractivity contribution is 5.92. The summed E-state index contributed by atoms with van der Waals surface area (Å²) >= 11 is 0. The Labute approximate surface area is 135 Å². The molecule has 3 heterocycles. The molecule has 0 bridgehead atoms. The van der Waals surface area contributed by atoms with Crippen molar-refractivity contribution in [1.29, 1.82) is 0 Å². The predicted octanol–water partition coefficient (Wildman–Crippen LogP) is 1.44. The normalized spacial score (nSPS) is 15.0. The highest BCUT2D eigenvalue weighted by Gasteiger charge is 2.19. The minimum atomic E-state index is -0.215. The zero-order valence-electron chi connectivity index (χ0n) is 13.9. The van der Waals surface area contributed by atoms with Gasteiger partial charge in [0.15, 0.2) is 5.69 Å². The molecule has 0 radical (unpaired) electrons. The second-order valence-corrected chi connectivity index (χ2v) is 6.54. The monoisotopic (exact) mass is 317 g/mol. The highest BCUT2D eigenvalue weighted by Crippen LogP contribution is 2.15. The summed E-state index contributed by atoms with van der Waals surface area (Å²) in [5.74, 6) is 0.998. The molecule has 0 unspecified atom stereocenters. The van der Waals surface area contributed by atoms with Crippen LogP contribution in [0, 0.1) is 5.92 Å². The second kappa shape index (κ2) is 6.54. The summed E-state index contributed by atoms with van der Waals surface area (Å²) < 4.78 is 7.22. The van der Waals surface area contributed by atoms with Crippen LogP contribution in [0.2, 0.25) is 0 Å². The number of hydrogen-bond donors (Lipinski definition) is 1. The third kappa shape index (κ3) is 3.61. The molecule has 0 aromatic carbocycles. The summed E-state index contributed by atoms with van der Waals surface area (Å²) in [6.45, 7) is 7.40. The van der Waals surface area contributed by atoms with E-state index in [1.54, 1.807) is 6.07 Å². The Morgan fingerprint density at radius 1 is 1.43 bits per heavy atom. The Morgan fingerprint density at radius 2 is 2.26 bits per heavy atom. The van der Waals surface area contributed by atoms with Crippen molar-refractivity contribution in [3.8, 4) is 0 Å². The molecule has 1 aliphatic rings. The molecule has 7 heteroatoms. The van der Waals surface area contributed by atoms with Gasteiger partial charge in [-0.3, -0.25) is 14.4 Å². The fraction of sp³-hybridized carbons (Fsp3) is 0.562. The lowest BCUT2D eigenvalue weighted by atomic mass is 10.1. The first-order valence-electron chi connectivity index (χ1n) is 7.99. The third-order valence-electron chi connectivity index (χ3n) is 3.99. The molecule has 2 aromatic heterocycles. The summed E-state index contributed by atoms with van der Waals surface area (Å²) in [7, 11) is 2.09. The number of carbonyl (C=O) groups excluding carboxylic acids is 1. The van der Waals surface area contributed by atoms with Crippen LogP contribution in [0.3, 0.4) is 0 Å². The first kappa shape index (κ1) is 15.7. The second-order valence-electron chi connectivity index (χ2n) is 6.54. The highest BCUT2D eigenvalue weighted by atomic mass is 16.5. The fourth-order valence-electron chi connectivity index (χ4n) is 2.76. The Bertz CT molecular complexity index is 688. The van der Waals surface area contributed by atoms with Gasteiger partial charge in [0.05, 0.1) is 18.4 Å². The number of nitrogens with zero attached hydrogens (tertiary/aromatic N) is 4. The molecule has 1 N–H and O–H groups in total. The van der Waals surface area contributed by atoms with E-state index in [9.17, 15) is 4.79 Å². The first-order valence-corrected chi connectivity index (χ1v) is 7.99. The molecule has 0 saturated heterocycles. The van der Waals surface area contributed by atoms with Gasteiger partial charge < -0.3 is 9.84 Å². The lowest BCUT2D eigenvalue weighted by Gasteiger charge is -2.24. The van der Waals surface area contributed by atoms with Gasteiger partial charge in [0, 0.05) is 37.7 Å². The molecule has 124 valence electrons. The van der Waals surface area contributed by atoms with E-state index >= 15 is 0 Å². The summed E-state index contributed by atoms with van der Waals surface area (Å²) in [5, 5.41) is 11.1. The van der Waals surface area contributed by atoms with Crippen LogP contribution in [0.25, 0.3) is 0 Å². The van der Waals surface area contributed by atoms with Gasteiger partial charge in [0.2, 0.25) is 0 Å². The van der Waals surface area contributed by atoms with Gasteiger partial charge in [0.1, 0.15) is 5.76 Å². The molecule has 1 aliphatic heterocycles. The number of hydrogen-bond acceptors (Lipinski definition) is 5. The van der Waals surface area contributed by atoms with Crippen LogP contribution in [0.4, 0.5) is 0 Å². The van der Waals surface area contributed by atoms with Crippen molar-refractivity contribution in [2.24, 2.45) is 5.92 Å². The van der Waals surface area contributed by atoms with Crippen LogP contribution in [-0.4, -0.2) is 39.3 Å². The van der Waals surface area contributed by atoms with Gasteiger partial charge in [0.25, 0.3) is 5.91 Å². The van der Waals surface area contributed by atoms with Crippen molar-refractivity contribution < 1.29 is 9.32 Å². The molecular weight excluding hydrogens is 294 g/mol. The molecular formula is C16H23N5O2. The fourth-order valence-corrected chi connectivity index (χ4v) is 2.76. The molecule has 3 rings (SSSR count). The van der Waals surface area contributed by atoms with E-state index in [0.717, 1.165) is 37.4 Å². The molecule has 0 saturated carbocycles. The Hall–Kier alpha value is -2.15. The van der Waals surface area contributed by atoms with Crippen molar-refractivity contribution >= 4 is 5.91 Å². The van der Waals surface area contributed by atoms with Crippen molar-refractivity contribution in [1.82, 2.24) is 25.2 Å². The standard InChI is InChI=1S/C16H23N5O2/c1-11(2)6-13-7-14(19-23-13)16(22)17-8-12-9-18-21-5-4-20(3)10-15(12)21/h7,9,11H,4-6,8,10H2,1-3H3,(H,17,22). The molecule has 2 aromatic rings. The molecule has 0 atom stereocenters. The van der Waals surface area contributed by atoms with E-state index < -0.39 is 0 Å². The van der Waals surface area contributed by atoms with E-state index in [2.05, 4.69) is 41.4 Å². The number of likely N-dealkylation sites (N-methyl/N-ethyl adjacent to an activating group) is 1. The smallest absolute Gasteiger partial charge is 0.273 e. The van der Waals surface area contributed by atoms with Gasteiger partial charge >= 0.3 is 0 Å². The van der Waals surface area contributed by atoms with Gasteiger partial charge in [-0.2, -0.15) is 5.10 Å². The van der Waals surface area contributed by atoms with Crippen molar-refractivity contribution in [2.75, 3.05) is 13.6 Å². The average molecular weight is 317 g/mol. The Morgan fingerprint density at radius 3 is 3.04 bits per heavy atom. The van der Waals surface area contributed by atoms with Crippen LogP contribution in [0.15, 0.2) is 16.8 Å². The van der Waals surface area contributed by atoms with Gasteiger partial charge in [-0.05, 0) is 13.0 Å². The topological polar surface area (TPSA) is 76.2 Å². The minimum Gasteiger partial charge on any atom is -0.361 e. The molecule has 23 heavy (non-hydrogen) atoms.